The summed E-state index contributed by atoms with van der Waals surface area (Å²) in [7, 11) is 0. The molecule has 3 rings (SSSR count). The third-order valence-corrected chi connectivity index (χ3v) is 4.36. The van der Waals surface area contributed by atoms with Gasteiger partial charge in [0.05, 0.1) is 6.26 Å². The standard InChI is InChI=1S/C16H26N2O2/c1-13-10-14(11-18(13)15-5-6-15)17-7-3-8-19-12-16-4-2-9-20-16/h2,4,9,13-15,17H,3,5-8,10-12H2,1H3. The van der Waals surface area contributed by atoms with Crippen LogP contribution >= 0.6 is 0 Å². The highest BCUT2D eigenvalue weighted by atomic mass is 16.5. The number of nitrogens with one attached hydrogen (secondary N) is 1. The van der Waals surface area contributed by atoms with Crippen molar-refractivity contribution in [1.29, 1.82) is 0 Å². The zero-order valence-corrected chi connectivity index (χ0v) is 12.4. The van der Waals surface area contributed by atoms with Gasteiger partial charge in [0.2, 0.25) is 0 Å². The molecule has 2 unspecified atom stereocenters. The molecule has 1 aromatic heterocycles. The van der Waals surface area contributed by atoms with Gasteiger partial charge in [-0.25, -0.2) is 0 Å². The van der Waals surface area contributed by atoms with E-state index in [4.69, 9.17) is 9.15 Å². The molecule has 1 saturated carbocycles. The molecule has 0 spiro atoms. The van der Waals surface area contributed by atoms with Crippen LogP contribution in [0.4, 0.5) is 0 Å². The molecule has 2 aliphatic rings. The first-order valence-corrected chi connectivity index (χ1v) is 7.92. The molecular formula is C16H26N2O2. The number of likely N-dealkylation sites (tertiary alicyclic amines) is 1. The molecule has 1 aromatic rings. The highest BCUT2D eigenvalue weighted by molar-refractivity contribution is 4.96. The van der Waals surface area contributed by atoms with Crippen molar-refractivity contribution < 1.29 is 9.15 Å². The van der Waals surface area contributed by atoms with Gasteiger partial charge < -0.3 is 14.5 Å². The number of hydrogen-bond donors (Lipinski definition) is 1. The van der Waals surface area contributed by atoms with Crippen molar-refractivity contribution in [3.05, 3.63) is 24.2 Å². The maximum absolute atomic E-state index is 5.59. The normalized spacial score (nSPS) is 27.2. The number of rotatable bonds is 8. The summed E-state index contributed by atoms with van der Waals surface area (Å²) in [5.74, 6) is 0.905. The quantitative estimate of drug-likeness (QED) is 0.741. The zero-order valence-electron chi connectivity index (χ0n) is 12.4. The molecule has 0 radical (unpaired) electrons. The number of ether oxygens (including phenoxy) is 1. The maximum atomic E-state index is 5.59. The predicted molar refractivity (Wildman–Crippen MR) is 78.6 cm³/mol. The van der Waals surface area contributed by atoms with E-state index in [0.29, 0.717) is 12.6 Å². The van der Waals surface area contributed by atoms with Gasteiger partial charge in [0.15, 0.2) is 0 Å². The number of furan rings is 1. The van der Waals surface area contributed by atoms with E-state index in [1.807, 2.05) is 12.1 Å². The summed E-state index contributed by atoms with van der Waals surface area (Å²) in [5, 5.41) is 3.67. The van der Waals surface area contributed by atoms with Crippen LogP contribution in [-0.2, 0) is 11.3 Å². The molecule has 0 bridgehead atoms. The van der Waals surface area contributed by atoms with Gasteiger partial charge in [-0.1, -0.05) is 0 Å². The highest BCUT2D eigenvalue weighted by Gasteiger charge is 2.38. The monoisotopic (exact) mass is 278 g/mol. The van der Waals surface area contributed by atoms with Crippen molar-refractivity contribution in [3.8, 4) is 0 Å². The van der Waals surface area contributed by atoms with E-state index >= 15 is 0 Å². The fourth-order valence-corrected chi connectivity index (χ4v) is 3.17. The van der Waals surface area contributed by atoms with Gasteiger partial charge in [0.1, 0.15) is 12.4 Å². The van der Waals surface area contributed by atoms with E-state index < -0.39 is 0 Å². The Morgan fingerprint density at radius 1 is 1.45 bits per heavy atom. The summed E-state index contributed by atoms with van der Waals surface area (Å²) in [5.41, 5.74) is 0. The zero-order chi connectivity index (χ0) is 13.8. The lowest BCUT2D eigenvalue weighted by molar-refractivity contribution is 0.103. The number of nitrogens with zero attached hydrogens (tertiary/aromatic N) is 1. The van der Waals surface area contributed by atoms with Crippen molar-refractivity contribution in [2.75, 3.05) is 19.7 Å². The minimum Gasteiger partial charge on any atom is -0.467 e. The van der Waals surface area contributed by atoms with Gasteiger partial charge in [-0.3, -0.25) is 4.90 Å². The summed E-state index contributed by atoms with van der Waals surface area (Å²) in [4.78, 5) is 2.69. The molecule has 2 atom stereocenters. The van der Waals surface area contributed by atoms with Crippen molar-refractivity contribution in [2.45, 2.75) is 57.3 Å². The lowest BCUT2D eigenvalue weighted by atomic mass is 10.2. The third-order valence-electron chi connectivity index (χ3n) is 4.36. The third kappa shape index (κ3) is 3.84. The largest absolute Gasteiger partial charge is 0.467 e. The van der Waals surface area contributed by atoms with E-state index in [1.54, 1.807) is 6.26 Å². The Labute approximate surface area is 121 Å². The Morgan fingerprint density at radius 2 is 2.35 bits per heavy atom. The van der Waals surface area contributed by atoms with E-state index in [9.17, 15) is 0 Å². The topological polar surface area (TPSA) is 37.6 Å². The minimum atomic E-state index is 0.586. The van der Waals surface area contributed by atoms with Gasteiger partial charge in [-0.2, -0.15) is 0 Å². The second-order valence-corrected chi connectivity index (χ2v) is 6.15. The Balaban J connectivity index is 1.23. The first-order chi connectivity index (χ1) is 9.83. The van der Waals surface area contributed by atoms with E-state index in [-0.39, 0.29) is 0 Å². The van der Waals surface area contributed by atoms with Crippen LogP contribution in [0.1, 0.15) is 38.4 Å². The summed E-state index contributed by atoms with van der Waals surface area (Å²) in [6.07, 6.45) is 6.88. The highest BCUT2D eigenvalue weighted by Crippen LogP contribution is 2.33. The summed E-state index contributed by atoms with van der Waals surface area (Å²) >= 11 is 0. The van der Waals surface area contributed by atoms with Crippen molar-refractivity contribution in [1.82, 2.24) is 10.2 Å². The second-order valence-electron chi connectivity index (χ2n) is 6.15. The molecule has 0 aromatic carbocycles. The van der Waals surface area contributed by atoms with Gasteiger partial charge in [0.25, 0.3) is 0 Å². The van der Waals surface area contributed by atoms with E-state index in [2.05, 4.69) is 17.1 Å². The molecule has 4 nitrogen and oxygen atoms in total. The van der Waals surface area contributed by atoms with Gasteiger partial charge >= 0.3 is 0 Å². The van der Waals surface area contributed by atoms with Crippen LogP contribution in [0.5, 0.6) is 0 Å². The Kier molecular flexibility index (Phi) is 4.76. The Hall–Kier alpha value is -0.840. The van der Waals surface area contributed by atoms with E-state index in [0.717, 1.165) is 37.4 Å². The second kappa shape index (κ2) is 6.74. The molecule has 112 valence electrons. The molecule has 2 fully saturated rings. The molecule has 1 aliphatic carbocycles. The molecule has 1 N–H and O–H groups in total. The molecule has 20 heavy (non-hydrogen) atoms. The van der Waals surface area contributed by atoms with Crippen LogP contribution in [-0.4, -0.2) is 42.7 Å². The van der Waals surface area contributed by atoms with Gasteiger partial charge in [0, 0.05) is 31.3 Å². The molecule has 1 saturated heterocycles. The first kappa shape index (κ1) is 14.1. The maximum Gasteiger partial charge on any atom is 0.129 e. The van der Waals surface area contributed by atoms with Crippen molar-refractivity contribution in [3.63, 3.8) is 0 Å². The molecule has 0 amide bonds. The lowest BCUT2D eigenvalue weighted by Gasteiger charge is -2.19. The van der Waals surface area contributed by atoms with Crippen LogP contribution in [0.2, 0.25) is 0 Å². The Morgan fingerprint density at radius 3 is 3.10 bits per heavy atom. The SMILES string of the molecule is CC1CC(NCCCOCc2ccco2)CN1C1CC1. The Bertz CT molecular complexity index is 389. The van der Waals surface area contributed by atoms with Crippen molar-refractivity contribution in [2.24, 2.45) is 0 Å². The van der Waals surface area contributed by atoms with Gasteiger partial charge in [-0.05, 0) is 51.3 Å². The van der Waals surface area contributed by atoms with Crippen molar-refractivity contribution >= 4 is 0 Å². The van der Waals surface area contributed by atoms with Gasteiger partial charge in [-0.15, -0.1) is 0 Å². The molecular weight excluding hydrogens is 252 g/mol. The van der Waals surface area contributed by atoms with Crippen LogP contribution in [0.15, 0.2) is 22.8 Å². The van der Waals surface area contributed by atoms with Crippen LogP contribution in [0.3, 0.4) is 0 Å². The first-order valence-electron chi connectivity index (χ1n) is 7.92. The molecule has 2 heterocycles. The summed E-state index contributed by atoms with van der Waals surface area (Å²) in [6, 6.07) is 6.18. The molecule has 1 aliphatic heterocycles. The number of hydrogen-bond acceptors (Lipinski definition) is 4. The minimum absolute atomic E-state index is 0.586. The average molecular weight is 278 g/mol. The predicted octanol–water partition coefficient (Wildman–Crippen LogP) is 2.40. The van der Waals surface area contributed by atoms with E-state index in [1.165, 1.54) is 25.8 Å². The lowest BCUT2D eigenvalue weighted by Crippen LogP contribution is -2.34. The van der Waals surface area contributed by atoms with Crippen LogP contribution in [0, 0.1) is 0 Å². The van der Waals surface area contributed by atoms with Crippen LogP contribution in [0.25, 0.3) is 0 Å². The molecule has 4 heteroatoms. The smallest absolute Gasteiger partial charge is 0.129 e. The summed E-state index contributed by atoms with van der Waals surface area (Å²) < 4.78 is 10.8. The fraction of sp³-hybridized carbons (Fsp3) is 0.750. The fourth-order valence-electron chi connectivity index (χ4n) is 3.17. The average Bonchev–Trinajstić information content (AvgIpc) is 3.01. The van der Waals surface area contributed by atoms with Crippen LogP contribution < -0.4 is 5.32 Å². The summed E-state index contributed by atoms with van der Waals surface area (Å²) in [6.45, 7) is 6.03.